The van der Waals surface area contributed by atoms with Crippen LogP contribution in [-0.2, 0) is 19.1 Å². The molecule has 0 aromatic heterocycles. The van der Waals surface area contributed by atoms with Crippen LogP contribution in [0.4, 0.5) is 0 Å². The van der Waals surface area contributed by atoms with Gasteiger partial charge in [0.2, 0.25) is 0 Å². The van der Waals surface area contributed by atoms with Gasteiger partial charge in [-0.25, -0.2) is 0 Å². The zero-order valence-corrected chi connectivity index (χ0v) is 18.8. The van der Waals surface area contributed by atoms with Crippen LogP contribution in [0.2, 0.25) is 0 Å². The number of hydrogen-bond donors (Lipinski definition) is 2. The number of unbranched alkanes of at least 4 members (excludes halogenated alkanes) is 4. The van der Waals surface area contributed by atoms with Crippen LogP contribution in [0.5, 0.6) is 0 Å². The zero-order chi connectivity index (χ0) is 21.8. The van der Waals surface area contributed by atoms with E-state index in [4.69, 9.17) is 19.7 Å². The highest BCUT2D eigenvalue weighted by molar-refractivity contribution is 5.73. The zero-order valence-electron chi connectivity index (χ0n) is 18.8. The van der Waals surface area contributed by atoms with Crippen molar-refractivity contribution < 1.29 is 29.3 Å². The van der Waals surface area contributed by atoms with Gasteiger partial charge >= 0.3 is 11.9 Å². The molecule has 0 unspecified atom stereocenters. The van der Waals surface area contributed by atoms with Crippen LogP contribution in [0.15, 0.2) is 0 Å². The van der Waals surface area contributed by atoms with Gasteiger partial charge < -0.3 is 19.7 Å². The molecule has 2 atom stereocenters. The van der Waals surface area contributed by atoms with Crippen molar-refractivity contribution in [1.29, 1.82) is 0 Å². The lowest BCUT2D eigenvalue weighted by atomic mass is 9.86. The molecule has 0 aliphatic rings. The summed E-state index contributed by atoms with van der Waals surface area (Å²) >= 11 is 0. The summed E-state index contributed by atoms with van der Waals surface area (Å²) in [6.45, 7) is 7.08. The summed E-state index contributed by atoms with van der Waals surface area (Å²) in [5.41, 5.74) is -1.32. The highest BCUT2D eigenvalue weighted by Gasteiger charge is 2.27. The summed E-state index contributed by atoms with van der Waals surface area (Å²) in [6.07, 6.45) is 8.96. The number of methoxy groups -OCH3 is 2. The first-order valence-corrected chi connectivity index (χ1v) is 10.5. The smallest absolute Gasteiger partial charge is 0.309 e. The van der Waals surface area contributed by atoms with Crippen molar-refractivity contribution in [2.24, 2.45) is 10.8 Å². The molecule has 0 fully saturated rings. The third kappa shape index (κ3) is 10.4. The van der Waals surface area contributed by atoms with E-state index in [9.17, 15) is 9.59 Å². The first-order valence-electron chi connectivity index (χ1n) is 10.5. The Balaban J connectivity index is 4.13. The van der Waals surface area contributed by atoms with E-state index in [2.05, 4.69) is 0 Å². The molecule has 0 aromatic rings. The fraction of sp³-hybridized carbons (Fsp3) is 0.909. The predicted octanol–water partition coefficient (Wildman–Crippen LogP) is 5.14. The molecule has 28 heavy (non-hydrogen) atoms. The summed E-state index contributed by atoms with van der Waals surface area (Å²) < 4.78 is 11.3. The molecule has 0 bridgehead atoms. The number of carbonyl (C=O) groups is 2. The van der Waals surface area contributed by atoms with Gasteiger partial charge in [-0.1, -0.05) is 38.5 Å². The topological polar surface area (TPSA) is 93.1 Å². The number of hydrogen-bond acceptors (Lipinski definition) is 4. The summed E-state index contributed by atoms with van der Waals surface area (Å²) in [4.78, 5) is 22.3. The number of carboxylic acid groups (broad SMARTS) is 2. The van der Waals surface area contributed by atoms with Gasteiger partial charge in [-0.3, -0.25) is 9.59 Å². The van der Waals surface area contributed by atoms with E-state index in [0.29, 0.717) is 12.8 Å². The van der Waals surface area contributed by atoms with Crippen molar-refractivity contribution in [2.45, 2.75) is 104 Å². The molecule has 0 heterocycles. The molecule has 0 radical (unpaired) electrons. The molecule has 0 aliphatic carbocycles. The molecule has 6 nitrogen and oxygen atoms in total. The number of aliphatic carboxylic acids is 2. The Hall–Kier alpha value is -1.14. The van der Waals surface area contributed by atoms with Crippen LogP contribution in [0.25, 0.3) is 0 Å². The lowest BCUT2D eigenvalue weighted by Gasteiger charge is -2.25. The minimum absolute atomic E-state index is 0.0351. The van der Waals surface area contributed by atoms with E-state index < -0.39 is 22.8 Å². The van der Waals surface area contributed by atoms with Gasteiger partial charge in [-0.15, -0.1) is 0 Å². The third-order valence-electron chi connectivity index (χ3n) is 5.76. The Bertz CT molecular complexity index is 416. The molecule has 6 heteroatoms. The Kier molecular flexibility index (Phi) is 12.6. The molecule has 0 aliphatic heterocycles. The molecule has 0 rings (SSSR count). The highest BCUT2D eigenvalue weighted by atomic mass is 16.5. The van der Waals surface area contributed by atoms with Gasteiger partial charge in [0.05, 0.1) is 23.0 Å². The Morgan fingerprint density at radius 3 is 1.25 bits per heavy atom. The van der Waals surface area contributed by atoms with Gasteiger partial charge in [-0.05, 0) is 53.4 Å². The van der Waals surface area contributed by atoms with E-state index in [1.165, 1.54) is 0 Å². The van der Waals surface area contributed by atoms with Crippen molar-refractivity contribution in [3.63, 3.8) is 0 Å². The van der Waals surface area contributed by atoms with Crippen LogP contribution in [-0.4, -0.2) is 48.6 Å². The average Bonchev–Trinajstić information content (AvgIpc) is 2.61. The standard InChI is InChI=1S/C22H42O6/c1-21(2,19(23)24)15-11-7-9-13-17(27-5)18(28-6)14-10-8-12-16-22(3,4)20(25)26/h17-18H,7-16H2,1-6H3,(H,23,24)(H,25,26)/t17-,18-/m1/s1. The van der Waals surface area contributed by atoms with Crippen LogP contribution in [0, 0.1) is 10.8 Å². The Morgan fingerprint density at radius 2 is 1.00 bits per heavy atom. The molecular formula is C22H42O6. The lowest BCUT2D eigenvalue weighted by Crippen LogP contribution is -2.30. The highest BCUT2D eigenvalue weighted by Crippen LogP contribution is 2.26. The van der Waals surface area contributed by atoms with E-state index in [1.54, 1.807) is 41.9 Å². The van der Waals surface area contributed by atoms with Crippen LogP contribution in [0.3, 0.4) is 0 Å². The minimum atomic E-state index is -0.742. The third-order valence-corrected chi connectivity index (χ3v) is 5.76. The van der Waals surface area contributed by atoms with Crippen LogP contribution >= 0.6 is 0 Å². The largest absolute Gasteiger partial charge is 0.481 e. The second-order valence-corrected chi connectivity index (χ2v) is 9.13. The minimum Gasteiger partial charge on any atom is -0.481 e. The molecule has 0 saturated heterocycles. The normalized spacial score (nSPS) is 14.6. The average molecular weight is 403 g/mol. The maximum absolute atomic E-state index is 11.1. The van der Waals surface area contributed by atoms with Crippen molar-refractivity contribution in [3.8, 4) is 0 Å². The van der Waals surface area contributed by atoms with Crippen molar-refractivity contribution in [2.75, 3.05) is 14.2 Å². The molecule has 2 N–H and O–H groups in total. The number of carboxylic acids is 2. The van der Waals surface area contributed by atoms with Crippen LogP contribution < -0.4 is 0 Å². The fourth-order valence-corrected chi connectivity index (χ4v) is 3.30. The predicted molar refractivity (Wildman–Crippen MR) is 111 cm³/mol. The van der Waals surface area contributed by atoms with Gasteiger partial charge in [0, 0.05) is 14.2 Å². The quantitative estimate of drug-likeness (QED) is 0.327. The molecular weight excluding hydrogens is 360 g/mol. The molecule has 0 spiro atoms. The second kappa shape index (κ2) is 13.2. The van der Waals surface area contributed by atoms with Gasteiger partial charge in [0.1, 0.15) is 0 Å². The maximum atomic E-state index is 11.1. The Labute approximate surface area is 171 Å². The maximum Gasteiger partial charge on any atom is 0.309 e. The van der Waals surface area contributed by atoms with Gasteiger partial charge in [0.15, 0.2) is 0 Å². The number of ether oxygens (including phenoxy) is 2. The molecule has 0 saturated carbocycles. The van der Waals surface area contributed by atoms with E-state index in [-0.39, 0.29) is 12.2 Å². The summed E-state index contributed by atoms with van der Waals surface area (Å²) in [6, 6.07) is 0. The summed E-state index contributed by atoms with van der Waals surface area (Å²) in [5.74, 6) is -1.48. The lowest BCUT2D eigenvalue weighted by molar-refractivity contribution is -0.148. The summed E-state index contributed by atoms with van der Waals surface area (Å²) in [7, 11) is 3.42. The SMILES string of the molecule is CO[C@H](CCCCCC(C)(C)C(=O)O)[C@@H](CCCCCC(C)(C)C(=O)O)OC. The van der Waals surface area contributed by atoms with Crippen molar-refractivity contribution >= 4 is 11.9 Å². The van der Waals surface area contributed by atoms with Crippen molar-refractivity contribution in [3.05, 3.63) is 0 Å². The molecule has 0 amide bonds. The van der Waals surface area contributed by atoms with Gasteiger partial charge in [0.25, 0.3) is 0 Å². The first-order chi connectivity index (χ1) is 13.0. The van der Waals surface area contributed by atoms with Crippen molar-refractivity contribution in [1.82, 2.24) is 0 Å². The van der Waals surface area contributed by atoms with E-state index in [1.807, 2.05) is 0 Å². The van der Waals surface area contributed by atoms with E-state index in [0.717, 1.165) is 51.4 Å². The molecule has 0 aromatic carbocycles. The van der Waals surface area contributed by atoms with Crippen LogP contribution in [0.1, 0.15) is 91.9 Å². The van der Waals surface area contributed by atoms with Gasteiger partial charge in [-0.2, -0.15) is 0 Å². The van der Waals surface area contributed by atoms with E-state index >= 15 is 0 Å². The Morgan fingerprint density at radius 1 is 0.679 bits per heavy atom. The second-order valence-electron chi connectivity index (χ2n) is 9.13. The fourth-order valence-electron chi connectivity index (χ4n) is 3.30. The number of rotatable bonds is 17. The monoisotopic (exact) mass is 402 g/mol. The summed E-state index contributed by atoms with van der Waals surface area (Å²) in [5, 5.41) is 18.3. The molecule has 166 valence electrons. The first kappa shape index (κ1) is 26.9.